The fourth-order valence-electron chi connectivity index (χ4n) is 1.92. The molecular weight excluding hydrogens is 344 g/mol. The fraction of sp³-hybridized carbons (Fsp3) is 0.692. The van der Waals surface area contributed by atoms with Gasteiger partial charge < -0.3 is 40.9 Å². The smallest absolute Gasteiger partial charge is 0.245 e. The van der Waals surface area contributed by atoms with Gasteiger partial charge >= 0.3 is 0 Å². The highest BCUT2D eigenvalue weighted by molar-refractivity contribution is 8.00. The Labute approximate surface area is 142 Å². The van der Waals surface area contributed by atoms with Gasteiger partial charge in [0.1, 0.15) is 24.4 Å². The van der Waals surface area contributed by atoms with Crippen LogP contribution in [0, 0.1) is 0 Å². The Balaban J connectivity index is 2.43. The lowest BCUT2D eigenvalue weighted by Crippen LogP contribution is -2.63. The minimum Gasteiger partial charge on any atom is -0.394 e. The van der Waals surface area contributed by atoms with Crippen LogP contribution in [0.2, 0.25) is 0 Å². The Bertz CT molecular complexity index is 463. The van der Waals surface area contributed by atoms with E-state index in [0.717, 1.165) is 6.08 Å². The summed E-state index contributed by atoms with van der Waals surface area (Å²) in [6.07, 6.45) is -5.38. The molecule has 1 rings (SSSR count). The van der Waals surface area contributed by atoms with Crippen molar-refractivity contribution in [2.24, 2.45) is 0 Å². The van der Waals surface area contributed by atoms with Gasteiger partial charge in [-0.25, -0.2) is 0 Å². The number of aliphatic hydroxyl groups is 5. The third-order valence-corrected chi connectivity index (χ3v) is 4.46. The van der Waals surface area contributed by atoms with E-state index in [4.69, 9.17) is 9.84 Å². The molecule has 1 fully saturated rings. The lowest BCUT2D eigenvalue weighted by Gasteiger charge is -2.44. The molecule has 1 aliphatic rings. The number of nitrogens with one attached hydrogen (secondary N) is 2. The minimum absolute atomic E-state index is 0.00968. The highest BCUT2D eigenvalue weighted by Gasteiger charge is 2.52. The van der Waals surface area contributed by atoms with Crippen LogP contribution in [-0.2, 0) is 14.3 Å². The van der Waals surface area contributed by atoms with Crippen LogP contribution in [0.5, 0.6) is 0 Å². The van der Waals surface area contributed by atoms with Crippen molar-refractivity contribution in [2.75, 3.05) is 19.0 Å². The zero-order valence-electron chi connectivity index (χ0n) is 12.8. The van der Waals surface area contributed by atoms with Gasteiger partial charge in [0, 0.05) is 12.2 Å². The van der Waals surface area contributed by atoms with Gasteiger partial charge in [-0.05, 0) is 6.08 Å². The van der Waals surface area contributed by atoms with E-state index in [9.17, 15) is 30.0 Å². The van der Waals surface area contributed by atoms with Gasteiger partial charge in [0.25, 0.3) is 0 Å². The Hall–Kier alpha value is -1.21. The molecule has 10 nitrogen and oxygen atoms in total. The van der Waals surface area contributed by atoms with Crippen molar-refractivity contribution in [2.45, 2.75) is 36.0 Å². The zero-order chi connectivity index (χ0) is 18.3. The molecule has 1 aliphatic heterocycles. The van der Waals surface area contributed by atoms with Gasteiger partial charge in [-0.3, -0.25) is 9.59 Å². The molecule has 0 unspecified atom stereocenters. The van der Waals surface area contributed by atoms with Crippen molar-refractivity contribution in [1.29, 1.82) is 0 Å². The SMILES string of the molecule is C=CC(=O)NCNC(=O)CCS[C@@]1(O)O[C@H](CO)[C@H](O)[C@H](O)[C@H]1O. The van der Waals surface area contributed by atoms with E-state index >= 15 is 0 Å². The van der Waals surface area contributed by atoms with Crippen LogP contribution < -0.4 is 10.6 Å². The third kappa shape index (κ3) is 5.41. The first-order valence-electron chi connectivity index (χ1n) is 7.11. The lowest BCUT2D eigenvalue weighted by atomic mass is 9.99. The zero-order valence-corrected chi connectivity index (χ0v) is 13.6. The monoisotopic (exact) mass is 366 g/mol. The molecule has 1 saturated heterocycles. The predicted octanol–water partition coefficient (Wildman–Crippen LogP) is -3.39. The van der Waals surface area contributed by atoms with Crippen LogP contribution in [0.1, 0.15) is 6.42 Å². The second kappa shape index (κ2) is 9.32. The Morgan fingerprint density at radius 3 is 2.50 bits per heavy atom. The summed E-state index contributed by atoms with van der Waals surface area (Å²) < 4.78 is 5.04. The van der Waals surface area contributed by atoms with Crippen molar-refractivity contribution in [1.82, 2.24) is 10.6 Å². The first-order valence-corrected chi connectivity index (χ1v) is 8.10. The number of hydrogen-bond donors (Lipinski definition) is 7. The second-order valence-corrected chi connectivity index (χ2v) is 6.30. The molecule has 1 heterocycles. The van der Waals surface area contributed by atoms with Crippen LogP contribution in [0.3, 0.4) is 0 Å². The Kier molecular flexibility index (Phi) is 8.09. The maximum Gasteiger partial charge on any atom is 0.245 e. The van der Waals surface area contributed by atoms with E-state index in [2.05, 4.69) is 17.2 Å². The number of ether oxygens (including phenoxy) is 1. The van der Waals surface area contributed by atoms with Gasteiger partial charge in [-0.15, -0.1) is 0 Å². The summed E-state index contributed by atoms with van der Waals surface area (Å²) in [5.74, 6) is -0.865. The lowest BCUT2D eigenvalue weighted by molar-refractivity contribution is -0.305. The molecule has 5 atom stereocenters. The largest absolute Gasteiger partial charge is 0.394 e. The van der Waals surface area contributed by atoms with Gasteiger partial charge in [0.2, 0.25) is 16.9 Å². The molecule has 0 spiro atoms. The van der Waals surface area contributed by atoms with Gasteiger partial charge in [0.05, 0.1) is 13.3 Å². The first-order chi connectivity index (χ1) is 11.2. The van der Waals surface area contributed by atoms with E-state index < -0.39 is 48.0 Å². The van der Waals surface area contributed by atoms with Crippen LogP contribution >= 0.6 is 11.8 Å². The molecule has 138 valence electrons. The van der Waals surface area contributed by atoms with Crippen molar-refractivity contribution in [3.63, 3.8) is 0 Å². The van der Waals surface area contributed by atoms with Crippen molar-refractivity contribution < 1.29 is 39.9 Å². The van der Waals surface area contributed by atoms with Gasteiger partial charge in [0.15, 0.2) is 0 Å². The third-order valence-electron chi connectivity index (χ3n) is 3.30. The number of thioether (sulfide) groups is 1. The summed E-state index contributed by atoms with van der Waals surface area (Å²) >= 11 is 0.642. The second-order valence-electron chi connectivity index (χ2n) is 5.02. The van der Waals surface area contributed by atoms with Gasteiger partial charge in [-0.2, -0.15) is 0 Å². The molecule has 0 bridgehead atoms. The van der Waals surface area contributed by atoms with Crippen LogP contribution in [0.25, 0.3) is 0 Å². The molecule has 24 heavy (non-hydrogen) atoms. The highest BCUT2D eigenvalue weighted by Crippen LogP contribution is 2.36. The molecule has 0 aliphatic carbocycles. The normalized spacial score (nSPS) is 32.9. The predicted molar refractivity (Wildman–Crippen MR) is 83.4 cm³/mol. The highest BCUT2D eigenvalue weighted by atomic mass is 32.2. The molecule has 11 heteroatoms. The maximum absolute atomic E-state index is 11.6. The van der Waals surface area contributed by atoms with E-state index in [1.54, 1.807) is 0 Å². The summed E-state index contributed by atoms with van der Waals surface area (Å²) in [5.41, 5.74) is 0. The van der Waals surface area contributed by atoms with Crippen molar-refractivity contribution in [3.05, 3.63) is 12.7 Å². The Morgan fingerprint density at radius 2 is 1.92 bits per heavy atom. The van der Waals surface area contributed by atoms with E-state index in [1.807, 2.05) is 0 Å². The number of rotatable bonds is 8. The summed E-state index contributed by atoms with van der Waals surface area (Å²) in [6, 6.07) is 0. The summed E-state index contributed by atoms with van der Waals surface area (Å²) in [7, 11) is 0. The number of hydrogen-bond acceptors (Lipinski definition) is 9. The Morgan fingerprint density at radius 1 is 1.25 bits per heavy atom. The van der Waals surface area contributed by atoms with Crippen molar-refractivity contribution in [3.8, 4) is 0 Å². The standard InChI is InChI=1S/C13H22N2O8S/c1-2-8(17)14-6-15-9(18)3-4-24-13(22)12(21)11(20)10(19)7(5-16)23-13/h2,7,10-12,16,19-22H,1,3-6H2,(H,14,17)(H,15,18)/t7-,10+,11+,12-,13+/m1/s1. The molecule has 7 N–H and O–H groups in total. The van der Waals surface area contributed by atoms with E-state index in [-0.39, 0.29) is 18.8 Å². The molecule has 0 aromatic heterocycles. The van der Waals surface area contributed by atoms with E-state index in [1.165, 1.54) is 0 Å². The van der Waals surface area contributed by atoms with Gasteiger partial charge in [-0.1, -0.05) is 18.3 Å². The quantitative estimate of drug-likeness (QED) is 0.171. The number of carbonyl (C=O) groups is 2. The summed E-state index contributed by atoms with van der Waals surface area (Å²) in [4.78, 5) is 22.4. The molecule has 2 amide bonds. The van der Waals surface area contributed by atoms with E-state index in [0.29, 0.717) is 11.8 Å². The van der Waals surface area contributed by atoms with Crippen LogP contribution in [-0.4, -0.2) is 85.9 Å². The summed E-state index contributed by atoms with van der Waals surface area (Å²) in [5, 5.41) is 50.9. The number of aliphatic hydroxyl groups excluding tert-OH is 4. The topological polar surface area (TPSA) is 169 Å². The molecule has 0 aromatic rings. The fourth-order valence-corrected chi connectivity index (χ4v) is 3.01. The summed E-state index contributed by atoms with van der Waals surface area (Å²) in [6.45, 7) is 2.49. The minimum atomic E-state index is -2.27. The maximum atomic E-state index is 11.6. The molecule has 0 aromatic carbocycles. The number of carbonyl (C=O) groups excluding carboxylic acids is 2. The van der Waals surface area contributed by atoms with Crippen LogP contribution in [0.4, 0.5) is 0 Å². The van der Waals surface area contributed by atoms with Crippen LogP contribution in [0.15, 0.2) is 12.7 Å². The molecule has 0 saturated carbocycles. The average molecular weight is 366 g/mol. The average Bonchev–Trinajstić information content (AvgIpc) is 2.56. The molecule has 0 radical (unpaired) electrons. The first kappa shape index (κ1) is 20.8. The molecular formula is C13H22N2O8S. The number of amides is 2. The van der Waals surface area contributed by atoms with Crippen molar-refractivity contribution >= 4 is 23.6 Å².